The molecule has 84 valence electrons. The van der Waals surface area contributed by atoms with Gasteiger partial charge in [-0.05, 0) is 19.4 Å². The predicted octanol–water partition coefficient (Wildman–Crippen LogP) is 1.93. The molecule has 0 aromatic carbocycles. The highest BCUT2D eigenvalue weighted by atomic mass is 16.5. The molecule has 1 heterocycles. The SMILES string of the molecule is COCCC(C)Nc1cc(OC)ccn1. The van der Waals surface area contributed by atoms with E-state index in [4.69, 9.17) is 9.47 Å². The highest BCUT2D eigenvalue weighted by Crippen LogP contribution is 2.14. The smallest absolute Gasteiger partial charge is 0.129 e. The number of rotatable bonds is 6. The Kier molecular flexibility index (Phi) is 4.90. The Balaban J connectivity index is 2.48. The van der Waals surface area contributed by atoms with Gasteiger partial charge in [-0.25, -0.2) is 4.98 Å². The first kappa shape index (κ1) is 11.8. The van der Waals surface area contributed by atoms with Gasteiger partial charge in [-0.15, -0.1) is 0 Å². The number of nitrogens with one attached hydrogen (secondary N) is 1. The maximum Gasteiger partial charge on any atom is 0.129 e. The number of anilines is 1. The number of nitrogens with zero attached hydrogens (tertiary/aromatic N) is 1. The van der Waals surface area contributed by atoms with Crippen molar-refractivity contribution in [2.45, 2.75) is 19.4 Å². The normalized spacial score (nSPS) is 12.2. The van der Waals surface area contributed by atoms with Crippen molar-refractivity contribution in [3.63, 3.8) is 0 Å². The van der Waals surface area contributed by atoms with E-state index in [-0.39, 0.29) is 0 Å². The lowest BCUT2D eigenvalue weighted by atomic mass is 10.2. The third-order valence-electron chi connectivity index (χ3n) is 2.12. The van der Waals surface area contributed by atoms with Gasteiger partial charge in [0.15, 0.2) is 0 Å². The van der Waals surface area contributed by atoms with E-state index in [1.54, 1.807) is 20.4 Å². The molecule has 0 aliphatic carbocycles. The van der Waals surface area contributed by atoms with E-state index in [0.29, 0.717) is 6.04 Å². The van der Waals surface area contributed by atoms with Gasteiger partial charge in [-0.3, -0.25) is 0 Å². The van der Waals surface area contributed by atoms with Crippen LogP contribution in [-0.2, 0) is 4.74 Å². The lowest BCUT2D eigenvalue weighted by Gasteiger charge is -2.14. The molecular weight excluding hydrogens is 192 g/mol. The second kappa shape index (κ2) is 6.24. The van der Waals surface area contributed by atoms with Crippen molar-refractivity contribution in [3.05, 3.63) is 18.3 Å². The highest BCUT2D eigenvalue weighted by Gasteiger charge is 2.03. The largest absolute Gasteiger partial charge is 0.497 e. The van der Waals surface area contributed by atoms with Gasteiger partial charge in [0.2, 0.25) is 0 Å². The van der Waals surface area contributed by atoms with Gasteiger partial charge in [0, 0.05) is 32.0 Å². The summed E-state index contributed by atoms with van der Waals surface area (Å²) < 4.78 is 10.1. The summed E-state index contributed by atoms with van der Waals surface area (Å²) in [6.07, 6.45) is 2.68. The minimum atomic E-state index is 0.338. The van der Waals surface area contributed by atoms with Crippen molar-refractivity contribution < 1.29 is 9.47 Å². The average molecular weight is 210 g/mol. The first-order valence-corrected chi connectivity index (χ1v) is 5.01. The van der Waals surface area contributed by atoms with Crippen LogP contribution in [0.15, 0.2) is 18.3 Å². The van der Waals surface area contributed by atoms with Crippen LogP contribution in [0.25, 0.3) is 0 Å². The zero-order valence-electron chi connectivity index (χ0n) is 9.49. The Morgan fingerprint density at radius 3 is 2.93 bits per heavy atom. The summed E-state index contributed by atoms with van der Waals surface area (Å²) in [6.45, 7) is 2.85. The van der Waals surface area contributed by atoms with Crippen LogP contribution in [0, 0.1) is 0 Å². The lowest BCUT2D eigenvalue weighted by molar-refractivity contribution is 0.191. The molecule has 0 saturated heterocycles. The van der Waals surface area contributed by atoms with Gasteiger partial charge in [0.05, 0.1) is 7.11 Å². The molecule has 1 unspecified atom stereocenters. The third-order valence-corrected chi connectivity index (χ3v) is 2.12. The maximum atomic E-state index is 5.11. The van der Waals surface area contributed by atoms with E-state index >= 15 is 0 Å². The van der Waals surface area contributed by atoms with Gasteiger partial charge in [-0.2, -0.15) is 0 Å². The number of pyridine rings is 1. The Bertz CT molecular complexity index is 292. The fourth-order valence-electron chi connectivity index (χ4n) is 1.24. The quantitative estimate of drug-likeness (QED) is 0.779. The summed E-state index contributed by atoms with van der Waals surface area (Å²) in [5, 5.41) is 3.28. The van der Waals surface area contributed by atoms with Crippen LogP contribution < -0.4 is 10.1 Å². The first-order chi connectivity index (χ1) is 7.26. The minimum absolute atomic E-state index is 0.338. The topological polar surface area (TPSA) is 43.4 Å². The van der Waals surface area contributed by atoms with Crippen molar-refractivity contribution in [1.82, 2.24) is 4.98 Å². The van der Waals surface area contributed by atoms with Crippen molar-refractivity contribution in [2.75, 3.05) is 26.1 Å². The zero-order valence-corrected chi connectivity index (χ0v) is 9.49. The molecule has 0 radical (unpaired) electrons. The molecule has 1 aromatic rings. The maximum absolute atomic E-state index is 5.11. The summed E-state index contributed by atoms with van der Waals surface area (Å²) in [4.78, 5) is 4.20. The molecular formula is C11H18N2O2. The van der Waals surface area contributed by atoms with Crippen molar-refractivity contribution >= 4 is 5.82 Å². The first-order valence-electron chi connectivity index (χ1n) is 5.01. The van der Waals surface area contributed by atoms with Crippen LogP contribution in [0.5, 0.6) is 5.75 Å². The van der Waals surface area contributed by atoms with Crippen LogP contribution in [0.3, 0.4) is 0 Å². The van der Waals surface area contributed by atoms with E-state index in [9.17, 15) is 0 Å². The minimum Gasteiger partial charge on any atom is -0.497 e. The molecule has 4 nitrogen and oxygen atoms in total. The van der Waals surface area contributed by atoms with E-state index in [0.717, 1.165) is 24.6 Å². The molecule has 15 heavy (non-hydrogen) atoms. The van der Waals surface area contributed by atoms with Crippen LogP contribution in [0.2, 0.25) is 0 Å². The number of hydrogen-bond acceptors (Lipinski definition) is 4. The van der Waals surface area contributed by atoms with Crippen LogP contribution >= 0.6 is 0 Å². The summed E-state index contributed by atoms with van der Waals surface area (Å²) in [6, 6.07) is 4.04. The predicted molar refractivity (Wildman–Crippen MR) is 60.4 cm³/mol. The van der Waals surface area contributed by atoms with E-state index in [1.807, 2.05) is 12.1 Å². The van der Waals surface area contributed by atoms with Gasteiger partial charge in [0.25, 0.3) is 0 Å². The number of ether oxygens (including phenoxy) is 2. The lowest BCUT2D eigenvalue weighted by Crippen LogP contribution is -2.17. The molecule has 1 atom stereocenters. The number of hydrogen-bond donors (Lipinski definition) is 1. The standard InChI is InChI=1S/C11H18N2O2/c1-9(5-7-14-2)13-11-8-10(15-3)4-6-12-11/h4,6,8-9H,5,7H2,1-3H3,(H,12,13). The van der Waals surface area contributed by atoms with Crippen LogP contribution in [-0.4, -0.2) is 31.9 Å². The Labute approximate surface area is 90.6 Å². The summed E-state index contributed by atoms with van der Waals surface area (Å²) in [5.41, 5.74) is 0. The molecule has 0 aliphatic rings. The van der Waals surface area contributed by atoms with Crippen LogP contribution in [0.4, 0.5) is 5.82 Å². The Hall–Kier alpha value is -1.29. The fraction of sp³-hybridized carbons (Fsp3) is 0.545. The van der Waals surface area contributed by atoms with Crippen LogP contribution in [0.1, 0.15) is 13.3 Å². The monoisotopic (exact) mass is 210 g/mol. The van der Waals surface area contributed by atoms with Crippen molar-refractivity contribution in [3.8, 4) is 5.75 Å². The molecule has 0 fully saturated rings. The summed E-state index contributed by atoms with van der Waals surface area (Å²) >= 11 is 0. The van der Waals surface area contributed by atoms with Gasteiger partial charge < -0.3 is 14.8 Å². The molecule has 1 aromatic heterocycles. The highest BCUT2D eigenvalue weighted by molar-refractivity contribution is 5.41. The molecule has 0 amide bonds. The molecule has 0 saturated carbocycles. The summed E-state index contributed by atoms with van der Waals surface area (Å²) in [7, 11) is 3.35. The van der Waals surface area contributed by atoms with Gasteiger partial charge >= 0.3 is 0 Å². The van der Waals surface area contributed by atoms with Crippen molar-refractivity contribution in [1.29, 1.82) is 0 Å². The fourth-order valence-corrected chi connectivity index (χ4v) is 1.24. The molecule has 1 N–H and O–H groups in total. The summed E-state index contributed by atoms with van der Waals surface area (Å²) in [5.74, 6) is 1.64. The van der Waals surface area contributed by atoms with Crippen molar-refractivity contribution in [2.24, 2.45) is 0 Å². The Morgan fingerprint density at radius 1 is 1.47 bits per heavy atom. The second-order valence-electron chi connectivity index (χ2n) is 3.41. The average Bonchev–Trinajstić information content (AvgIpc) is 2.26. The van der Waals surface area contributed by atoms with Gasteiger partial charge in [-0.1, -0.05) is 0 Å². The van der Waals surface area contributed by atoms with E-state index < -0.39 is 0 Å². The Morgan fingerprint density at radius 2 is 2.27 bits per heavy atom. The number of methoxy groups -OCH3 is 2. The molecule has 0 aliphatic heterocycles. The molecule has 1 rings (SSSR count). The molecule has 0 spiro atoms. The molecule has 0 bridgehead atoms. The van der Waals surface area contributed by atoms with Gasteiger partial charge in [0.1, 0.15) is 11.6 Å². The zero-order chi connectivity index (χ0) is 11.1. The third kappa shape index (κ3) is 4.16. The second-order valence-corrected chi connectivity index (χ2v) is 3.41. The van der Waals surface area contributed by atoms with E-state index in [1.165, 1.54) is 0 Å². The van der Waals surface area contributed by atoms with E-state index in [2.05, 4.69) is 17.2 Å². The molecule has 4 heteroatoms. The number of aromatic nitrogens is 1.